The van der Waals surface area contributed by atoms with E-state index in [1.807, 2.05) is 45.0 Å². The predicted octanol–water partition coefficient (Wildman–Crippen LogP) is 4.01. The summed E-state index contributed by atoms with van der Waals surface area (Å²) in [7, 11) is -3.81. The molecule has 0 saturated heterocycles. The third-order valence-electron chi connectivity index (χ3n) is 5.67. The van der Waals surface area contributed by atoms with Crippen molar-refractivity contribution in [1.82, 2.24) is 10.2 Å². The van der Waals surface area contributed by atoms with Crippen LogP contribution >= 0.6 is 0 Å². The van der Waals surface area contributed by atoms with Crippen LogP contribution in [0.25, 0.3) is 0 Å². The van der Waals surface area contributed by atoms with Crippen molar-refractivity contribution >= 4 is 27.5 Å². The lowest BCUT2D eigenvalue weighted by Crippen LogP contribution is -2.48. The Morgan fingerprint density at radius 2 is 1.64 bits per heavy atom. The van der Waals surface area contributed by atoms with Crippen molar-refractivity contribution in [3.05, 3.63) is 65.2 Å². The van der Waals surface area contributed by atoms with E-state index in [1.165, 1.54) is 11.0 Å². The Morgan fingerprint density at radius 1 is 1.00 bits per heavy atom. The molecule has 0 aliphatic carbocycles. The standard InChI is InChI=1S/C26H35F2N3O4S/c1-18(2)16-29-26(33)20(4)30(17-21-10-8-19(3)9-11-21)25(32)7-6-14-31(36(5,34)35)22-12-13-23(27)24(28)15-22/h8-13,15,18,20H,6-7,14,16-17H2,1-5H3,(H,29,33)/t20-/m1/s1. The number of benzene rings is 2. The van der Waals surface area contributed by atoms with E-state index in [4.69, 9.17) is 0 Å². The molecule has 0 radical (unpaired) electrons. The lowest BCUT2D eigenvalue weighted by atomic mass is 10.1. The molecule has 2 rings (SSSR count). The number of hydrogen-bond acceptors (Lipinski definition) is 4. The maximum absolute atomic E-state index is 13.7. The second kappa shape index (κ2) is 12.8. The van der Waals surface area contributed by atoms with E-state index in [2.05, 4.69) is 5.32 Å². The van der Waals surface area contributed by atoms with Crippen LogP contribution in [0.2, 0.25) is 0 Å². The van der Waals surface area contributed by atoms with Gasteiger partial charge in [0.2, 0.25) is 21.8 Å². The second-order valence-corrected chi connectivity index (χ2v) is 11.3. The molecule has 0 heterocycles. The second-order valence-electron chi connectivity index (χ2n) is 9.36. The minimum atomic E-state index is -3.81. The first-order valence-corrected chi connectivity index (χ1v) is 13.7. The zero-order chi connectivity index (χ0) is 27.0. The molecule has 0 aliphatic heterocycles. The number of amides is 2. The van der Waals surface area contributed by atoms with Crippen LogP contribution in [0.1, 0.15) is 44.7 Å². The Bertz CT molecular complexity index is 1150. The highest BCUT2D eigenvalue weighted by molar-refractivity contribution is 7.92. The van der Waals surface area contributed by atoms with E-state index in [0.29, 0.717) is 6.54 Å². The van der Waals surface area contributed by atoms with Crippen molar-refractivity contribution in [1.29, 1.82) is 0 Å². The molecule has 198 valence electrons. The van der Waals surface area contributed by atoms with E-state index in [9.17, 15) is 26.8 Å². The number of anilines is 1. The van der Waals surface area contributed by atoms with Crippen LogP contribution < -0.4 is 9.62 Å². The molecule has 0 bridgehead atoms. The summed E-state index contributed by atoms with van der Waals surface area (Å²) in [5.74, 6) is -2.59. The summed E-state index contributed by atoms with van der Waals surface area (Å²) >= 11 is 0. The molecule has 2 aromatic carbocycles. The fourth-order valence-electron chi connectivity index (χ4n) is 3.57. The maximum atomic E-state index is 13.7. The van der Waals surface area contributed by atoms with Crippen molar-refractivity contribution in [2.45, 2.75) is 53.1 Å². The van der Waals surface area contributed by atoms with Crippen LogP contribution in [0.4, 0.5) is 14.5 Å². The average molecular weight is 524 g/mol. The number of nitrogens with one attached hydrogen (secondary N) is 1. The Morgan fingerprint density at radius 3 is 2.19 bits per heavy atom. The van der Waals surface area contributed by atoms with E-state index in [0.717, 1.165) is 33.8 Å². The number of carbonyl (C=O) groups excluding carboxylic acids is 2. The molecular weight excluding hydrogens is 488 g/mol. The van der Waals surface area contributed by atoms with Gasteiger partial charge in [-0.25, -0.2) is 17.2 Å². The zero-order valence-corrected chi connectivity index (χ0v) is 22.2. The largest absolute Gasteiger partial charge is 0.354 e. The van der Waals surface area contributed by atoms with Gasteiger partial charge >= 0.3 is 0 Å². The van der Waals surface area contributed by atoms with Gasteiger partial charge in [-0.2, -0.15) is 0 Å². The number of nitrogens with zero attached hydrogens (tertiary/aromatic N) is 2. The third-order valence-corrected chi connectivity index (χ3v) is 6.86. The SMILES string of the molecule is Cc1ccc(CN(C(=O)CCCN(c2ccc(F)c(F)c2)S(C)(=O)=O)[C@H](C)C(=O)NCC(C)C)cc1. The Labute approximate surface area is 212 Å². The van der Waals surface area contributed by atoms with Gasteiger partial charge in [0, 0.05) is 32.1 Å². The maximum Gasteiger partial charge on any atom is 0.242 e. The van der Waals surface area contributed by atoms with Crippen molar-refractivity contribution in [3.8, 4) is 0 Å². The molecule has 2 amide bonds. The van der Waals surface area contributed by atoms with Gasteiger partial charge in [-0.1, -0.05) is 43.7 Å². The predicted molar refractivity (Wildman–Crippen MR) is 137 cm³/mol. The highest BCUT2D eigenvalue weighted by atomic mass is 32.2. The van der Waals surface area contributed by atoms with Gasteiger partial charge in [-0.15, -0.1) is 0 Å². The van der Waals surface area contributed by atoms with Crippen LogP contribution in [0.3, 0.4) is 0 Å². The normalized spacial score (nSPS) is 12.3. The van der Waals surface area contributed by atoms with E-state index in [-0.39, 0.29) is 49.4 Å². The van der Waals surface area contributed by atoms with Crippen LogP contribution in [-0.4, -0.2) is 50.5 Å². The van der Waals surface area contributed by atoms with E-state index >= 15 is 0 Å². The van der Waals surface area contributed by atoms with Crippen molar-refractivity contribution < 1.29 is 26.8 Å². The number of halogens is 2. The summed E-state index contributed by atoms with van der Waals surface area (Å²) in [5.41, 5.74) is 1.90. The van der Waals surface area contributed by atoms with E-state index in [1.54, 1.807) is 6.92 Å². The Balaban J connectivity index is 2.17. The first-order chi connectivity index (χ1) is 16.8. The number of hydrogen-bond donors (Lipinski definition) is 1. The quantitative estimate of drug-likeness (QED) is 0.456. The molecule has 7 nitrogen and oxygen atoms in total. The van der Waals surface area contributed by atoms with Gasteiger partial charge in [-0.05, 0) is 43.9 Å². The summed E-state index contributed by atoms with van der Waals surface area (Å²) in [6, 6.07) is 9.73. The van der Waals surface area contributed by atoms with Crippen LogP contribution in [-0.2, 0) is 26.2 Å². The minimum Gasteiger partial charge on any atom is -0.354 e. The number of aryl methyl sites for hydroxylation is 1. The van der Waals surface area contributed by atoms with Crippen molar-refractivity contribution in [2.24, 2.45) is 5.92 Å². The van der Waals surface area contributed by atoms with Gasteiger partial charge in [0.25, 0.3) is 0 Å². The average Bonchev–Trinajstić information content (AvgIpc) is 2.80. The molecule has 36 heavy (non-hydrogen) atoms. The van der Waals surface area contributed by atoms with Gasteiger partial charge in [0.1, 0.15) is 6.04 Å². The smallest absolute Gasteiger partial charge is 0.242 e. The molecule has 0 unspecified atom stereocenters. The summed E-state index contributed by atoms with van der Waals surface area (Å²) in [6.45, 7) is 8.14. The highest BCUT2D eigenvalue weighted by Gasteiger charge is 2.27. The summed E-state index contributed by atoms with van der Waals surface area (Å²) < 4.78 is 52.5. The minimum absolute atomic E-state index is 0.0261. The first-order valence-electron chi connectivity index (χ1n) is 11.8. The topological polar surface area (TPSA) is 86.8 Å². The summed E-state index contributed by atoms with van der Waals surface area (Å²) in [6.07, 6.45) is 1.04. The number of rotatable bonds is 12. The van der Waals surface area contributed by atoms with Gasteiger partial charge in [0.15, 0.2) is 11.6 Å². The molecule has 1 atom stereocenters. The Hall–Kier alpha value is -3.01. The summed E-state index contributed by atoms with van der Waals surface area (Å²) in [4.78, 5) is 27.4. The van der Waals surface area contributed by atoms with Crippen LogP contribution in [0.5, 0.6) is 0 Å². The molecule has 0 aliphatic rings. The molecule has 0 aromatic heterocycles. The van der Waals surface area contributed by atoms with Gasteiger partial charge in [-0.3, -0.25) is 13.9 Å². The lowest BCUT2D eigenvalue weighted by molar-refractivity contribution is -0.140. The van der Waals surface area contributed by atoms with Crippen LogP contribution in [0.15, 0.2) is 42.5 Å². The third kappa shape index (κ3) is 8.58. The molecule has 2 aromatic rings. The van der Waals surface area contributed by atoms with Gasteiger partial charge in [0.05, 0.1) is 11.9 Å². The fraction of sp³-hybridized carbons (Fsp3) is 0.462. The molecule has 0 fully saturated rings. The molecule has 1 N–H and O–H groups in total. The van der Waals surface area contributed by atoms with Crippen molar-refractivity contribution in [3.63, 3.8) is 0 Å². The van der Waals surface area contributed by atoms with Crippen LogP contribution in [0, 0.1) is 24.5 Å². The lowest BCUT2D eigenvalue weighted by Gasteiger charge is -2.29. The fourth-order valence-corrected chi connectivity index (χ4v) is 4.53. The van der Waals surface area contributed by atoms with Crippen molar-refractivity contribution in [2.75, 3.05) is 23.7 Å². The molecule has 10 heteroatoms. The molecule has 0 spiro atoms. The van der Waals surface area contributed by atoms with E-state index < -0.39 is 27.7 Å². The molecule has 0 saturated carbocycles. The highest BCUT2D eigenvalue weighted by Crippen LogP contribution is 2.21. The first kappa shape index (κ1) is 29.2. The summed E-state index contributed by atoms with van der Waals surface area (Å²) in [5, 5.41) is 2.85. The monoisotopic (exact) mass is 523 g/mol. The Kier molecular flexibility index (Phi) is 10.4. The number of sulfonamides is 1. The molecular formula is C26H35F2N3O4S. The van der Waals surface area contributed by atoms with Gasteiger partial charge < -0.3 is 10.2 Å². The number of carbonyl (C=O) groups is 2. The zero-order valence-electron chi connectivity index (χ0n) is 21.4.